The number of ether oxygens (including phenoxy) is 1. The molecule has 0 radical (unpaired) electrons. The van der Waals surface area contributed by atoms with Gasteiger partial charge in [0, 0.05) is 75.3 Å². The lowest BCUT2D eigenvalue weighted by Crippen LogP contribution is -2.64. The number of carbonyl (C=O) groups is 6. The Bertz CT molecular complexity index is 3510. The quantitative estimate of drug-likeness (QED) is 0.0363. The highest BCUT2D eigenvalue weighted by Crippen LogP contribution is 2.39. The number of hydrogen-bond donors (Lipinski definition) is 16. The van der Waals surface area contributed by atoms with Gasteiger partial charge in [0.15, 0.2) is 11.5 Å². The third-order valence-corrected chi connectivity index (χ3v) is 21.6. The number of aromatic hydroxyl groups is 1. The first-order valence-electron chi connectivity index (χ1n) is 34.1. The van der Waals surface area contributed by atoms with Crippen LogP contribution in [0.3, 0.4) is 0 Å². The van der Waals surface area contributed by atoms with Crippen LogP contribution >= 0.6 is 11.3 Å². The Morgan fingerprint density at radius 3 is 2.11 bits per heavy atom. The third-order valence-electron chi connectivity index (χ3n) is 20.1. The number of phenolic OH excluding ortho intramolecular Hbond substituents is 1. The van der Waals surface area contributed by atoms with Gasteiger partial charge in [0.05, 0.1) is 79.9 Å². The summed E-state index contributed by atoms with van der Waals surface area (Å²) in [5.41, 5.74) is 2.88. The number of fused-ring (bicyclic) bond motifs is 3. The van der Waals surface area contributed by atoms with Gasteiger partial charge in [0.2, 0.25) is 40.4 Å². The molecule has 4 aliphatic heterocycles. The zero-order valence-corrected chi connectivity index (χ0v) is 57.0. The van der Waals surface area contributed by atoms with Crippen LogP contribution < -0.4 is 41.0 Å². The fraction of sp³-hybridized carbons (Fsp3) is 0.662. The Morgan fingerprint density at radius 1 is 0.768 bits per heavy atom. The molecule has 6 aliphatic rings. The molecule has 13 atom stereocenters. The van der Waals surface area contributed by atoms with Gasteiger partial charge in [-0.15, -0.1) is 0 Å². The Labute approximate surface area is 576 Å². The first kappa shape index (κ1) is 74.9. The van der Waals surface area contributed by atoms with Crippen molar-refractivity contribution in [3.63, 3.8) is 0 Å². The van der Waals surface area contributed by atoms with E-state index < -0.39 is 194 Å². The van der Waals surface area contributed by atoms with Crippen LogP contribution in [0.15, 0.2) is 48.7 Å². The summed E-state index contributed by atoms with van der Waals surface area (Å²) in [6, 6.07) is -0.336. The number of β-amino-alcohol motifs (C(OH)–C–C–N with tert-alkyl or cyclic N) is 1. The van der Waals surface area contributed by atoms with E-state index in [2.05, 4.69) is 65.2 Å². The molecule has 10 rings (SSSR count). The molecule has 99 heavy (non-hydrogen) atoms. The van der Waals surface area contributed by atoms with Gasteiger partial charge >= 0.3 is 10.4 Å². The van der Waals surface area contributed by atoms with Crippen LogP contribution in [-0.4, -0.2) is 269 Å². The van der Waals surface area contributed by atoms with E-state index in [1.165, 1.54) is 50.1 Å². The third kappa shape index (κ3) is 18.9. The highest BCUT2D eigenvalue weighted by molar-refractivity contribution is 7.81. The van der Waals surface area contributed by atoms with Gasteiger partial charge in [-0.1, -0.05) is 42.9 Å². The average molecular weight is 1430 g/mol. The Balaban J connectivity index is 0.853. The molecule has 2 saturated carbocycles. The van der Waals surface area contributed by atoms with Crippen LogP contribution in [-0.2, 0) is 50.3 Å². The van der Waals surface area contributed by atoms with Crippen molar-refractivity contribution < 1.29 is 96.6 Å². The molecule has 0 bridgehead atoms. The van der Waals surface area contributed by atoms with Crippen molar-refractivity contribution in [2.24, 2.45) is 17.8 Å². The summed E-state index contributed by atoms with van der Waals surface area (Å²) in [5.74, 6) is -8.30. The van der Waals surface area contributed by atoms with Gasteiger partial charge < -0.3 is 101 Å². The van der Waals surface area contributed by atoms with Gasteiger partial charge in [-0.25, -0.2) is 9.50 Å². The van der Waals surface area contributed by atoms with Crippen LogP contribution in [0.25, 0.3) is 16.2 Å². The lowest BCUT2D eigenvalue weighted by molar-refractivity contribution is -0.147. The molecule has 0 spiro atoms. The number of anilines is 1. The molecule has 6 amide bonds. The van der Waals surface area contributed by atoms with Crippen molar-refractivity contribution >= 4 is 67.8 Å². The van der Waals surface area contributed by atoms with Crippen LogP contribution in [0, 0.1) is 17.8 Å². The number of amides is 6. The number of piperidine rings is 1. The first-order chi connectivity index (χ1) is 47.2. The molecule has 2 aromatic carbocycles. The fourth-order valence-electron chi connectivity index (χ4n) is 14.0. The number of benzene rings is 2. The summed E-state index contributed by atoms with van der Waals surface area (Å²) in [6.45, 7) is 2.97. The van der Waals surface area contributed by atoms with Gasteiger partial charge in [-0.3, -0.25) is 33.3 Å². The molecule has 4 aromatic rings. The molecule has 2 aliphatic carbocycles. The highest BCUT2D eigenvalue weighted by Gasteiger charge is 2.50. The molecule has 32 nitrogen and oxygen atoms in total. The smallest absolute Gasteiger partial charge is 0.446 e. The Hall–Kier alpha value is -6.77. The number of nitrogens with zero attached hydrogens (tertiary/aromatic N) is 6. The van der Waals surface area contributed by atoms with E-state index in [0.717, 1.165) is 101 Å². The number of carbonyl (C=O) groups excluding carboxylic acids is 6. The fourth-order valence-corrected chi connectivity index (χ4v) is 15.4. The summed E-state index contributed by atoms with van der Waals surface area (Å²) in [5, 5.41) is 121. The largest absolute Gasteiger partial charge is 0.504 e. The monoisotopic (exact) mass is 1430 g/mol. The minimum atomic E-state index is -5.22. The van der Waals surface area contributed by atoms with Crippen molar-refractivity contribution in [1.82, 2.24) is 56.3 Å². The van der Waals surface area contributed by atoms with E-state index in [-0.39, 0.29) is 37.0 Å². The molecular weight excluding hydrogens is 1330 g/mol. The average Bonchev–Trinajstić information content (AvgIpc) is 1.68. The zero-order chi connectivity index (χ0) is 71.0. The number of nitrogens with one attached hydrogen (secondary N) is 6. The number of aliphatic hydroxyl groups is 8. The summed E-state index contributed by atoms with van der Waals surface area (Å²) in [4.78, 5) is 98.2. The number of aromatic nitrogens is 3. The second kappa shape index (κ2) is 33.4. The van der Waals surface area contributed by atoms with Crippen molar-refractivity contribution in [2.75, 3.05) is 70.5 Å². The van der Waals surface area contributed by atoms with Crippen molar-refractivity contribution in [3.8, 4) is 22.8 Å². The molecule has 34 heteroatoms. The normalized spacial score (nSPS) is 28.7. The number of phenols is 1. The van der Waals surface area contributed by atoms with E-state index in [4.69, 9.17) is 14.8 Å². The summed E-state index contributed by atoms with van der Waals surface area (Å²) in [7, 11) is -5.22. The highest BCUT2D eigenvalue weighted by atomic mass is 32.3. The van der Waals surface area contributed by atoms with E-state index in [9.17, 15) is 87.7 Å². The molecule has 6 fully saturated rings. The molecule has 546 valence electrons. The maximum Gasteiger partial charge on any atom is 0.446 e. The minimum Gasteiger partial charge on any atom is -0.504 e. The molecular formula is C65H94N12O20S2. The van der Waals surface area contributed by atoms with Gasteiger partial charge in [0.1, 0.15) is 35.2 Å². The minimum absolute atomic E-state index is 0.00166. The van der Waals surface area contributed by atoms with Gasteiger partial charge in [0.25, 0.3) is 0 Å². The summed E-state index contributed by atoms with van der Waals surface area (Å²) >= 11 is 1.53. The lowest BCUT2D eigenvalue weighted by atomic mass is 9.82. The topological polar surface area (TPSA) is 469 Å². The molecule has 6 heterocycles. The number of rotatable bonds is 22. The standard InChI is InChI=1S/C65H94N12O20S2/c1-34-28-76-56(57(34)86)61(90)68-27-43(81)24-46(67-26-36-6-9-40(10-7-36)62-73-77-30-47(69-65(77)98-62)39-11-13-42(14-12-39)74-20-17-45(18-21-74)96-33-37-4-3-5-37)58(87)70-53(35(2)80)63(91)75-29-44(82)25-48(75)59(88)71-54(51(85)22-38-8-15-49(83)52(23-38)97-99(93,94)95)60(89)72-55(64(76)92)50(84)16-19-66-41(31-78)32-79/h8,11-15,23,30,34-37,40-41,43-46,48,50-51,53-57,66-67,78-86H,3-7,9-10,16-22,24-29,31-33H2,1-2H3,(H,68,90)(H,70,87)(H,71,88)(H,72,89)(H,93,94,95)/t34-,35+,36?,40?,43+,44+,46-,48-,50+,51+,53?,54-,55-,56-,57-/m0/s1. The van der Waals surface area contributed by atoms with E-state index in [0.29, 0.717) is 18.9 Å². The van der Waals surface area contributed by atoms with Crippen molar-refractivity contribution in [3.05, 3.63) is 59.2 Å². The second-order valence-corrected chi connectivity index (χ2v) is 29.4. The molecule has 4 saturated heterocycles. The zero-order valence-electron chi connectivity index (χ0n) is 55.3. The maximum absolute atomic E-state index is 15.0. The van der Waals surface area contributed by atoms with Crippen molar-refractivity contribution in [1.29, 1.82) is 0 Å². The van der Waals surface area contributed by atoms with Gasteiger partial charge in [-0.05, 0) is 126 Å². The van der Waals surface area contributed by atoms with E-state index in [1.807, 2.05) is 10.7 Å². The number of aliphatic hydroxyl groups excluding tert-OH is 8. The van der Waals surface area contributed by atoms with Crippen LogP contribution in [0.1, 0.15) is 107 Å². The molecule has 16 N–H and O–H groups in total. The van der Waals surface area contributed by atoms with Crippen molar-refractivity contribution in [2.45, 2.75) is 188 Å². The second-order valence-electron chi connectivity index (χ2n) is 27.4. The van der Waals surface area contributed by atoms with Crippen LogP contribution in [0.4, 0.5) is 5.69 Å². The molecule has 1 unspecified atom stereocenters. The number of hydrogen-bond acceptors (Lipinski definition) is 25. The van der Waals surface area contributed by atoms with Gasteiger partial charge in [-0.2, -0.15) is 13.5 Å². The maximum atomic E-state index is 15.0. The van der Waals surface area contributed by atoms with E-state index >= 15 is 0 Å². The SMILES string of the molecule is C[C@@H](O)C1NC(=O)[C@@H](NCC2CCC(c3nn4cc(-c5ccc(N6CCC(OCC7CCC7)CC6)cc5)nc4s3)CC2)C[C@@H](O)CNC(=O)[C@@H]2[C@@H](O)[C@@H](C)CN2C(=O)[C@H]([C@H](O)CCNC(CO)CO)NC(=O)[C@H]([C@H](O)Cc2ccc(O)c(OS(=O)(=O)O)c2)NC(=O)[C@@H]2C[C@@H](O)CN2C1=O. The Kier molecular flexibility index (Phi) is 25.2. The first-order valence-corrected chi connectivity index (χ1v) is 36.3. The molecule has 2 aromatic heterocycles. The summed E-state index contributed by atoms with van der Waals surface area (Å²) in [6.07, 6.45) is -1.18. The van der Waals surface area contributed by atoms with Crippen LogP contribution in [0.5, 0.6) is 11.5 Å². The summed E-state index contributed by atoms with van der Waals surface area (Å²) < 4.78 is 45.2. The van der Waals surface area contributed by atoms with Crippen LogP contribution in [0.2, 0.25) is 0 Å². The number of imidazole rings is 1. The lowest BCUT2D eigenvalue weighted by Gasteiger charge is -2.35. The predicted molar refractivity (Wildman–Crippen MR) is 356 cm³/mol. The predicted octanol–water partition coefficient (Wildman–Crippen LogP) is -2.45. The Morgan fingerprint density at radius 2 is 1.45 bits per heavy atom. The van der Waals surface area contributed by atoms with E-state index in [1.54, 1.807) is 0 Å².